The van der Waals surface area contributed by atoms with Crippen LogP contribution in [0.3, 0.4) is 0 Å². The van der Waals surface area contributed by atoms with E-state index in [0.717, 1.165) is 61.5 Å². The molecule has 1 unspecified atom stereocenters. The topological polar surface area (TPSA) is 54.5 Å². The van der Waals surface area contributed by atoms with Gasteiger partial charge in [0.25, 0.3) is 0 Å². The number of para-hydroxylation sites is 2. The van der Waals surface area contributed by atoms with Gasteiger partial charge in [-0.2, -0.15) is 5.26 Å². The summed E-state index contributed by atoms with van der Waals surface area (Å²) in [6.07, 6.45) is 0. The minimum absolute atomic E-state index is 0.631. The summed E-state index contributed by atoms with van der Waals surface area (Å²) in [5.74, 6) is 0.672. The quantitative estimate of drug-likeness (QED) is 0.184. The fraction of sp³-hybridized carbons (Fsp3) is 0.0208. The summed E-state index contributed by atoms with van der Waals surface area (Å²) in [4.78, 5) is 10.2. The molecule has 9 aromatic rings. The SMILES string of the molecule is N#Cc1ccc2c(c1)-n1c3ccccc3c3cccc(c31)C2(c1ccccc1)c1ccc(-c2nc(-c3ccccc3)cc(-c3ccccc3)n2)cc1. The Balaban J connectivity index is 1.24. The lowest BCUT2D eigenvalue weighted by Crippen LogP contribution is -2.35. The van der Waals surface area contributed by atoms with Gasteiger partial charge in [0.05, 0.1) is 45.2 Å². The van der Waals surface area contributed by atoms with Crippen molar-refractivity contribution in [2.75, 3.05) is 0 Å². The van der Waals surface area contributed by atoms with Gasteiger partial charge in [-0.25, -0.2) is 9.97 Å². The first-order valence-electron chi connectivity index (χ1n) is 17.5. The number of rotatable bonds is 5. The van der Waals surface area contributed by atoms with Crippen LogP contribution in [0, 0.1) is 11.3 Å². The average molecular weight is 663 g/mol. The highest BCUT2D eigenvalue weighted by atomic mass is 15.0. The maximum atomic E-state index is 10.1. The molecule has 0 bridgehead atoms. The van der Waals surface area contributed by atoms with Crippen LogP contribution in [0.25, 0.3) is 61.4 Å². The van der Waals surface area contributed by atoms with E-state index in [2.05, 4.69) is 150 Å². The molecule has 4 heteroatoms. The fourth-order valence-corrected chi connectivity index (χ4v) is 8.26. The van der Waals surface area contributed by atoms with E-state index in [0.29, 0.717) is 11.4 Å². The van der Waals surface area contributed by atoms with E-state index in [4.69, 9.17) is 9.97 Å². The first-order valence-corrected chi connectivity index (χ1v) is 17.5. The molecule has 1 atom stereocenters. The number of hydrogen-bond acceptors (Lipinski definition) is 3. The van der Waals surface area contributed by atoms with E-state index < -0.39 is 5.41 Å². The van der Waals surface area contributed by atoms with Crippen LogP contribution in [-0.4, -0.2) is 14.5 Å². The Hall–Kier alpha value is -7.09. The van der Waals surface area contributed by atoms with E-state index >= 15 is 0 Å². The molecule has 0 spiro atoms. The van der Waals surface area contributed by atoms with Gasteiger partial charge in [0, 0.05) is 27.5 Å². The van der Waals surface area contributed by atoms with Crippen LogP contribution in [0.1, 0.15) is 27.8 Å². The van der Waals surface area contributed by atoms with E-state index in [9.17, 15) is 5.26 Å². The molecule has 0 amide bonds. The molecule has 0 aliphatic carbocycles. The third-order valence-corrected chi connectivity index (χ3v) is 10.5. The van der Waals surface area contributed by atoms with Crippen LogP contribution >= 0.6 is 0 Å². The molecule has 1 aliphatic rings. The van der Waals surface area contributed by atoms with E-state index in [-0.39, 0.29) is 0 Å². The molecular formula is C48H30N4. The second-order valence-electron chi connectivity index (χ2n) is 13.3. The third-order valence-electron chi connectivity index (χ3n) is 10.5. The number of nitriles is 1. The Morgan fingerprint density at radius 2 is 1.08 bits per heavy atom. The lowest BCUT2D eigenvalue weighted by Gasteiger charge is -2.41. The highest BCUT2D eigenvalue weighted by molar-refractivity contribution is 6.12. The second-order valence-corrected chi connectivity index (χ2v) is 13.3. The standard InChI is InChI=1S/C48H30N4/c49-31-32-23-28-40-45(29-32)52-44-22-11-10-19-38(44)39-20-12-21-41(46(39)52)48(40,36-17-8-3-9-18-36)37-26-24-35(25-27-37)47-50-42(33-13-4-1-5-14-33)30-43(51-47)34-15-6-2-7-16-34/h1-30H. The summed E-state index contributed by atoms with van der Waals surface area (Å²) in [7, 11) is 0. The molecule has 10 rings (SSSR count). The Bertz CT molecular complexity index is 2780. The zero-order valence-corrected chi connectivity index (χ0v) is 28.1. The smallest absolute Gasteiger partial charge is 0.160 e. The molecule has 0 saturated carbocycles. The van der Waals surface area contributed by atoms with Crippen molar-refractivity contribution < 1.29 is 0 Å². The van der Waals surface area contributed by atoms with E-state index in [1.165, 1.54) is 16.3 Å². The van der Waals surface area contributed by atoms with Gasteiger partial charge in [-0.15, -0.1) is 0 Å². The highest BCUT2D eigenvalue weighted by Crippen LogP contribution is 2.54. The van der Waals surface area contributed by atoms with Crippen molar-refractivity contribution >= 4 is 21.8 Å². The lowest BCUT2D eigenvalue weighted by molar-refractivity contribution is 0.727. The molecular weight excluding hydrogens is 633 g/mol. The first kappa shape index (κ1) is 29.8. The van der Waals surface area contributed by atoms with Crippen molar-refractivity contribution in [2.24, 2.45) is 0 Å². The Kier molecular flexibility index (Phi) is 6.74. The van der Waals surface area contributed by atoms with Crippen molar-refractivity contribution in [3.8, 4) is 45.7 Å². The molecule has 3 heterocycles. The molecule has 1 aliphatic heterocycles. The lowest BCUT2D eigenvalue weighted by atomic mass is 9.63. The van der Waals surface area contributed by atoms with Crippen LogP contribution in [0.2, 0.25) is 0 Å². The van der Waals surface area contributed by atoms with Gasteiger partial charge in [-0.05, 0) is 46.5 Å². The predicted octanol–water partition coefficient (Wildman–Crippen LogP) is 11.1. The van der Waals surface area contributed by atoms with E-state index in [1.807, 2.05) is 42.5 Å². The van der Waals surface area contributed by atoms with Crippen LogP contribution in [-0.2, 0) is 5.41 Å². The normalized spacial score (nSPS) is 14.6. The number of nitrogens with zero attached hydrogens (tertiary/aromatic N) is 4. The summed E-state index contributed by atoms with van der Waals surface area (Å²) >= 11 is 0. The summed E-state index contributed by atoms with van der Waals surface area (Å²) in [5, 5.41) is 12.5. The van der Waals surface area contributed by atoms with Crippen LogP contribution in [0.15, 0.2) is 182 Å². The van der Waals surface area contributed by atoms with Crippen LogP contribution < -0.4 is 0 Å². The van der Waals surface area contributed by atoms with Gasteiger partial charge in [-0.1, -0.05) is 158 Å². The van der Waals surface area contributed by atoms with Crippen molar-refractivity contribution in [3.63, 3.8) is 0 Å². The van der Waals surface area contributed by atoms with Crippen LogP contribution in [0.5, 0.6) is 0 Å². The minimum atomic E-state index is -0.672. The summed E-state index contributed by atoms with van der Waals surface area (Å²) in [5.41, 5.74) is 12.6. The highest BCUT2D eigenvalue weighted by Gasteiger charge is 2.45. The number of benzene rings is 7. The molecule has 0 saturated heterocycles. The second kappa shape index (κ2) is 11.8. The van der Waals surface area contributed by atoms with Gasteiger partial charge in [-0.3, -0.25) is 0 Å². The van der Waals surface area contributed by atoms with Crippen LogP contribution in [0.4, 0.5) is 0 Å². The Labute approximate surface area is 301 Å². The Morgan fingerprint density at radius 1 is 0.481 bits per heavy atom. The number of aromatic nitrogens is 3. The summed E-state index contributed by atoms with van der Waals surface area (Å²) < 4.78 is 2.36. The summed E-state index contributed by atoms with van der Waals surface area (Å²) in [6, 6.07) is 66.0. The predicted molar refractivity (Wildman–Crippen MR) is 209 cm³/mol. The largest absolute Gasteiger partial charge is 0.309 e. The average Bonchev–Trinajstić information content (AvgIpc) is 3.57. The van der Waals surface area contributed by atoms with Gasteiger partial charge < -0.3 is 4.57 Å². The monoisotopic (exact) mass is 662 g/mol. The molecule has 0 radical (unpaired) electrons. The number of hydrogen-bond donors (Lipinski definition) is 0. The van der Waals surface area contributed by atoms with Gasteiger partial charge in [0.15, 0.2) is 5.82 Å². The Morgan fingerprint density at radius 3 is 1.75 bits per heavy atom. The maximum Gasteiger partial charge on any atom is 0.160 e. The van der Waals surface area contributed by atoms with Crippen molar-refractivity contribution in [1.82, 2.24) is 14.5 Å². The maximum absolute atomic E-state index is 10.1. The van der Waals surface area contributed by atoms with Gasteiger partial charge in [0.2, 0.25) is 0 Å². The van der Waals surface area contributed by atoms with Crippen molar-refractivity contribution in [2.45, 2.75) is 5.41 Å². The fourth-order valence-electron chi connectivity index (χ4n) is 8.26. The molecule has 2 aromatic heterocycles. The third kappa shape index (κ3) is 4.40. The molecule has 7 aromatic carbocycles. The molecule has 0 N–H and O–H groups in total. The van der Waals surface area contributed by atoms with E-state index in [1.54, 1.807) is 0 Å². The molecule has 242 valence electrons. The van der Waals surface area contributed by atoms with Gasteiger partial charge in [0.1, 0.15) is 0 Å². The zero-order chi connectivity index (χ0) is 34.6. The summed E-state index contributed by atoms with van der Waals surface area (Å²) in [6.45, 7) is 0. The van der Waals surface area contributed by atoms with Crippen molar-refractivity contribution in [3.05, 3.63) is 210 Å². The van der Waals surface area contributed by atoms with Gasteiger partial charge >= 0.3 is 0 Å². The zero-order valence-electron chi connectivity index (χ0n) is 28.1. The van der Waals surface area contributed by atoms with Crippen molar-refractivity contribution in [1.29, 1.82) is 5.26 Å². The molecule has 0 fully saturated rings. The minimum Gasteiger partial charge on any atom is -0.309 e. The number of fused-ring (bicyclic) bond motifs is 5. The first-order chi connectivity index (χ1) is 25.7. The molecule has 4 nitrogen and oxygen atoms in total. The molecule has 52 heavy (non-hydrogen) atoms.